The van der Waals surface area contributed by atoms with Crippen molar-refractivity contribution in [1.29, 1.82) is 0 Å². The highest BCUT2D eigenvalue weighted by Gasteiger charge is 2.06. The maximum absolute atomic E-state index is 10.6. The van der Waals surface area contributed by atoms with Crippen LogP contribution in [0.25, 0.3) is 0 Å². The van der Waals surface area contributed by atoms with Gasteiger partial charge in [0, 0.05) is 9.37 Å². The normalized spacial score (nSPS) is 10.3. The van der Waals surface area contributed by atoms with Gasteiger partial charge in [-0.3, -0.25) is 4.79 Å². The topological polar surface area (TPSA) is 46.5 Å². The Labute approximate surface area is 130 Å². The number of carboxylic acid groups (broad SMARTS) is 1. The van der Waals surface area contributed by atoms with Gasteiger partial charge in [0.05, 0.1) is 18.4 Å². The Morgan fingerprint density at radius 1 is 1.25 bits per heavy atom. The lowest BCUT2D eigenvalue weighted by Crippen LogP contribution is -1.99. The standard InChI is InChI=1S/C15H13BrO3S/c1-19-13-9-11(16)4-7-14(13)20-12-5-2-10(3-6-12)8-15(17)18/h2-7,9H,8H2,1H3,(H,17,18). The first kappa shape index (κ1) is 14.9. The Morgan fingerprint density at radius 2 is 1.95 bits per heavy atom. The van der Waals surface area contributed by atoms with E-state index in [9.17, 15) is 4.79 Å². The molecule has 0 saturated carbocycles. The highest BCUT2D eigenvalue weighted by molar-refractivity contribution is 9.10. The van der Waals surface area contributed by atoms with Gasteiger partial charge in [0.2, 0.25) is 0 Å². The third kappa shape index (κ3) is 4.02. The minimum absolute atomic E-state index is 0.0482. The molecular weight excluding hydrogens is 340 g/mol. The van der Waals surface area contributed by atoms with Crippen LogP contribution in [0.5, 0.6) is 5.75 Å². The zero-order valence-corrected chi connectivity index (χ0v) is 13.2. The Bertz CT molecular complexity index is 611. The highest BCUT2D eigenvalue weighted by Crippen LogP contribution is 2.36. The second kappa shape index (κ2) is 6.81. The summed E-state index contributed by atoms with van der Waals surface area (Å²) in [6.45, 7) is 0. The van der Waals surface area contributed by atoms with E-state index in [-0.39, 0.29) is 6.42 Å². The van der Waals surface area contributed by atoms with Crippen LogP contribution in [-0.2, 0) is 11.2 Å². The van der Waals surface area contributed by atoms with Crippen molar-refractivity contribution < 1.29 is 14.6 Å². The van der Waals surface area contributed by atoms with Crippen molar-refractivity contribution in [2.45, 2.75) is 16.2 Å². The summed E-state index contributed by atoms with van der Waals surface area (Å²) in [7, 11) is 1.64. The van der Waals surface area contributed by atoms with Gasteiger partial charge in [0.25, 0.3) is 0 Å². The SMILES string of the molecule is COc1cc(Br)ccc1Sc1ccc(CC(=O)O)cc1. The van der Waals surface area contributed by atoms with Crippen molar-refractivity contribution in [2.75, 3.05) is 7.11 Å². The summed E-state index contributed by atoms with van der Waals surface area (Å²) in [6.07, 6.45) is 0.0482. The van der Waals surface area contributed by atoms with Gasteiger partial charge in [-0.2, -0.15) is 0 Å². The molecule has 0 amide bonds. The zero-order chi connectivity index (χ0) is 14.5. The van der Waals surface area contributed by atoms with Gasteiger partial charge >= 0.3 is 5.97 Å². The molecule has 0 unspecified atom stereocenters. The molecule has 20 heavy (non-hydrogen) atoms. The lowest BCUT2D eigenvalue weighted by molar-refractivity contribution is -0.136. The van der Waals surface area contributed by atoms with E-state index in [0.29, 0.717) is 0 Å². The van der Waals surface area contributed by atoms with Crippen LogP contribution >= 0.6 is 27.7 Å². The largest absolute Gasteiger partial charge is 0.496 e. The molecule has 0 aliphatic carbocycles. The lowest BCUT2D eigenvalue weighted by Gasteiger charge is -2.09. The maximum Gasteiger partial charge on any atom is 0.307 e. The van der Waals surface area contributed by atoms with Crippen LogP contribution < -0.4 is 4.74 Å². The van der Waals surface area contributed by atoms with E-state index < -0.39 is 5.97 Å². The molecule has 0 saturated heterocycles. The molecule has 0 atom stereocenters. The molecule has 0 bridgehead atoms. The molecule has 1 N–H and O–H groups in total. The summed E-state index contributed by atoms with van der Waals surface area (Å²) < 4.78 is 6.31. The molecule has 2 aromatic rings. The average Bonchev–Trinajstić information content (AvgIpc) is 2.42. The number of carbonyl (C=O) groups is 1. The van der Waals surface area contributed by atoms with Crippen LogP contribution in [0.2, 0.25) is 0 Å². The molecule has 3 nitrogen and oxygen atoms in total. The van der Waals surface area contributed by atoms with E-state index in [4.69, 9.17) is 9.84 Å². The molecule has 2 aromatic carbocycles. The Morgan fingerprint density at radius 3 is 2.55 bits per heavy atom. The van der Waals surface area contributed by atoms with E-state index in [1.165, 1.54) is 0 Å². The molecule has 5 heteroatoms. The third-order valence-electron chi connectivity index (χ3n) is 2.63. The fourth-order valence-corrected chi connectivity index (χ4v) is 2.95. The predicted octanol–water partition coefficient (Wildman–Crippen LogP) is 4.24. The number of hydrogen-bond donors (Lipinski definition) is 1. The quantitative estimate of drug-likeness (QED) is 0.874. The monoisotopic (exact) mass is 352 g/mol. The van der Waals surface area contributed by atoms with E-state index in [1.54, 1.807) is 18.9 Å². The number of ether oxygens (including phenoxy) is 1. The summed E-state index contributed by atoms with van der Waals surface area (Å²) in [5, 5.41) is 8.74. The fourth-order valence-electron chi connectivity index (χ4n) is 1.70. The Hall–Kier alpha value is -1.46. The van der Waals surface area contributed by atoms with Gasteiger partial charge in [-0.05, 0) is 35.9 Å². The van der Waals surface area contributed by atoms with Crippen LogP contribution in [0.4, 0.5) is 0 Å². The predicted molar refractivity (Wildman–Crippen MR) is 82.6 cm³/mol. The Kier molecular flexibility index (Phi) is 5.09. The van der Waals surface area contributed by atoms with Gasteiger partial charge < -0.3 is 9.84 Å². The number of rotatable bonds is 5. The summed E-state index contributed by atoms with van der Waals surface area (Å²) in [4.78, 5) is 12.7. The molecular formula is C15H13BrO3S. The number of halogens is 1. The number of carboxylic acids is 1. The van der Waals surface area contributed by atoms with Crippen molar-refractivity contribution in [3.8, 4) is 5.75 Å². The summed E-state index contributed by atoms with van der Waals surface area (Å²) in [5.74, 6) is -0.0148. The van der Waals surface area contributed by atoms with Gasteiger partial charge in [-0.1, -0.05) is 39.8 Å². The van der Waals surface area contributed by atoms with Gasteiger partial charge in [-0.25, -0.2) is 0 Å². The van der Waals surface area contributed by atoms with E-state index >= 15 is 0 Å². The fraction of sp³-hybridized carbons (Fsp3) is 0.133. The molecule has 0 aliphatic heterocycles. The van der Waals surface area contributed by atoms with Gasteiger partial charge in [0.15, 0.2) is 0 Å². The van der Waals surface area contributed by atoms with E-state index in [0.717, 1.165) is 25.6 Å². The van der Waals surface area contributed by atoms with Crippen molar-refractivity contribution in [2.24, 2.45) is 0 Å². The number of methoxy groups -OCH3 is 1. The van der Waals surface area contributed by atoms with Crippen LogP contribution in [-0.4, -0.2) is 18.2 Å². The van der Waals surface area contributed by atoms with Crippen molar-refractivity contribution in [1.82, 2.24) is 0 Å². The zero-order valence-electron chi connectivity index (χ0n) is 10.8. The van der Waals surface area contributed by atoms with Crippen molar-refractivity contribution in [3.63, 3.8) is 0 Å². The number of hydrogen-bond acceptors (Lipinski definition) is 3. The molecule has 0 aliphatic rings. The van der Waals surface area contributed by atoms with Gasteiger partial charge in [0.1, 0.15) is 5.75 Å². The Balaban J connectivity index is 2.16. The van der Waals surface area contributed by atoms with Crippen molar-refractivity contribution in [3.05, 3.63) is 52.5 Å². The minimum Gasteiger partial charge on any atom is -0.496 e. The summed E-state index contributed by atoms with van der Waals surface area (Å²) >= 11 is 4.99. The molecule has 2 rings (SSSR count). The summed E-state index contributed by atoms with van der Waals surface area (Å²) in [5.41, 5.74) is 0.796. The van der Waals surface area contributed by atoms with E-state index in [1.807, 2.05) is 42.5 Å². The molecule has 0 radical (unpaired) electrons. The third-order valence-corrected chi connectivity index (χ3v) is 4.19. The lowest BCUT2D eigenvalue weighted by atomic mass is 10.2. The number of aliphatic carboxylic acids is 1. The van der Waals surface area contributed by atoms with Crippen LogP contribution in [0.15, 0.2) is 56.7 Å². The maximum atomic E-state index is 10.6. The first-order valence-corrected chi connectivity index (χ1v) is 7.51. The molecule has 0 fully saturated rings. The van der Waals surface area contributed by atoms with Crippen molar-refractivity contribution >= 4 is 33.7 Å². The molecule has 0 spiro atoms. The first-order valence-electron chi connectivity index (χ1n) is 5.90. The van der Waals surface area contributed by atoms with Crippen LogP contribution in [0.3, 0.4) is 0 Å². The van der Waals surface area contributed by atoms with Crippen LogP contribution in [0, 0.1) is 0 Å². The smallest absolute Gasteiger partial charge is 0.307 e. The molecule has 104 valence electrons. The first-order chi connectivity index (χ1) is 9.58. The second-order valence-electron chi connectivity index (χ2n) is 4.11. The highest BCUT2D eigenvalue weighted by atomic mass is 79.9. The number of benzene rings is 2. The van der Waals surface area contributed by atoms with Gasteiger partial charge in [-0.15, -0.1) is 0 Å². The van der Waals surface area contributed by atoms with E-state index in [2.05, 4.69) is 15.9 Å². The second-order valence-corrected chi connectivity index (χ2v) is 6.14. The van der Waals surface area contributed by atoms with Crippen LogP contribution in [0.1, 0.15) is 5.56 Å². The molecule has 0 heterocycles. The molecule has 0 aromatic heterocycles. The summed E-state index contributed by atoms with van der Waals surface area (Å²) in [6, 6.07) is 13.4. The average molecular weight is 353 g/mol. The minimum atomic E-state index is -0.819.